The van der Waals surface area contributed by atoms with E-state index in [0.29, 0.717) is 40.8 Å². The molecule has 1 atom stereocenters. The van der Waals surface area contributed by atoms with E-state index in [9.17, 15) is 13.2 Å². The van der Waals surface area contributed by atoms with Gasteiger partial charge in [-0.2, -0.15) is 0 Å². The quantitative estimate of drug-likeness (QED) is 0.315. The molecule has 1 aliphatic heterocycles. The molecule has 1 aliphatic rings. The van der Waals surface area contributed by atoms with E-state index in [4.69, 9.17) is 9.72 Å². The van der Waals surface area contributed by atoms with Gasteiger partial charge in [-0.15, -0.1) is 0 Å². The van der Waals surface area contributed by atoms with Crippen LogP contribution in [0.2, 0.25) is 0 Å². The third-order valence-electron chi connectivity index (χ3n) is 6.76. The number of likely N-dealkylation sites (tertiary alicyclic amines) is 1. The number of imidazole rings is 1. The summed E-state index contributed by atoms with van der Waals surface area (Å²) in [5, 5.41) is 0. The molecule has 0 spiro atoms. The van der Waals surface area contributed by atoms with E-state index in [1.54, 1.807) is 42.7 Å². The molecule has 196 valence electrons. The number of ether oxygens (including phenoxy) is 1. The highest BCUT2D eigenvalue weighted by Crippen LogP contribution is 2.41. The summed E-state index contributed by atoms with van der Waals surface area (Å²) < 4.78 is 30.2. The van der Waals surface area contributed by atoms with Gasteiger partial charge in [0.1, 0.15) is 22.9 Å². The van der Waals surface area contributed by atoms with Gasteiger partial charge in [0.25, 0.3) is 5.91 Å². The third-order valence-corrected chi connectivity index (χ3v) is 7.89. The Bertz CT molecular complexity index is 1750. The Kier molecular flexibility index (Phi) is 6.32. The molecule has 0 bridgehead atoms. The average Bonchev–Trinajstić information content (AvgIpc) is 3.60. The molecule has 39 heavy (non-hydrogen) atoms. The number of benzene rings is 2. The van der Waals surface area contributed by atoms with Crippen LogP contribution in [0.3, 0.4) is 0 Å². The van der Waals surface area contributed by atoms with Gasteiger partial charge in [-0.25, -0.2) is 13.4 Å². The molecule has 1 unspecified atom stereocenters. The molecule has 0 saturated carbocycles. The second-order valence-corrected chi connectivity index (χ2v) is 11.4. The number of pyridine rings is 2. The number of nitrogens with one attached hydrogen (secondary N) is 1. The number of hydrogen-bond acceptors (Lipinski definition) is 7. The van der Waals surface area contributed by atoms with E-state index in [2.05, 4.69) is 15.0 Å². The Labute approximate surface area is 225 Å². The van der Waals surface area contributed by atoms with Crippen LogP contribution in [0, 0.1) is 0 Å². The Morgan fingerprint density at radius 1 is 1.00 bits per heavy atom. The van der Waals surface area contributed by atoms with Gasteiger partial charge in [-0.1, -0.05) is 12.1 Å². The zero-order valence-corrected chi connectivity index (χ0v) is 21.9. The number of rotatable bonds is 6. The van der Waals surface area contributed by atoms with Crippen LogP contribution in [0.25, 0.3) is 22.6 Å². The van der Waals surface area contributed by atoms with Crippen molar-refractivity contribution in [1.82, 2.24) is 24.8 Å². The SMILES string of the molecule is CS(=O)(=O)c1ccc(Oc2cc3nc(-c4ccccn4)[nH]c3cc2C2CCCN2C(=O)c2ccccn2)cc1. The largest absolute Gasteiger partial charge is 0.457 e. The highest BCUT2D eigenvalue weighted by atomic mass is 32.2. The monoisotopic (exact) mass is 539 g/mol. The first-order chi connectivity index (χ1) is 18.9. The number of fused-ring (bicyclic) bond motifs is 1. The number of amides is 1. The van der Waals surface area contributed by atoms with Crippen molar-refractivity contribution < 1.29 is 17.9 Å². The summed E-state index contributed by atoms with van der Waals surface area (Å²) in [6.45, 7) is 0.600. The van der Waals surface area contributed by atoms with E-state index in [0.717, 1.165) is 23.9 Å². The Morgan fingerprint density at radius 3 is 2.46 bits per heavy atom. The van der Waals surface area contributed by atoms with Crippen molar-refractivity contribution in [2.75, 3.05) is 12.8 Å². The fraction of sp³-hybridized carbons (Fsp3) is 0.172. The summed E-state index contributed by atoms with van der Waals surface area (Å²) in [4.78, 5) is 32.2. The van der Waals surface area contributed by atoms with Gasteiger partial charge < -0.3 is 14.6 Å². The molecular formula is C29H25N5O4S. The number of sulfone groups is 1. The van der Waals surface area contributed by atoms with Gasteiger partial charge in [-0.3, -0.25) is 14.8 Å². The third kappa shape index (κ3) is 4.98. The lowest BCUT2D eigenvalue weighted by Crippen LogP contribution is -2.31. The first kappa shape index (κ1) is 24.7. The summed E-state index contributed by atoms with van der Waals surface area (Å²) in [5.41, 5.74) is 3.41. The smallest absolute Gasteiger partial charge is 0.272 e. The van der Waals surface area contributed by atoms with Crippen molar-refractivity contribution >= 4 is 26.8 Å². The second kappa shape index (κ2) is 9.95. The number of hydrogen-bond donors (Lipinski definition) is 1. The predicted molar refractivity (Wildman–Crippen MR) is 146 cm³/mol. The van der Waals surface area contributed by atoms with E-state index in [1.807, 2.05) is 35.2 Å². The minimum absolute atomic E-state index is 0.138. The molecule has 2 aromatic carbocycles. The maximum Gasteiger partial charge on any atom is 0.272 e. The minimum Gasteiger partial charge on any atom is -0.457 e. The molecule has 1 N–H and O–H groups in total. The molecule has 0 aliphatic carbocycles. The van der Waals surface area contributed by atoms with Crippen molar-refractivity contribution in [1.29, 1.82) is 0 Å². The average molecular weight is 540 g/mol. The first-order valence-electron chi connectivity index (χ1n) is 12.5. The summed E-state index contributed by atoms with van der Waals surface area (Å²) in [7, 11) is -3.33. The summed E-state index contributed by atoms with van der Waals surface area (Å²) >= 11 is 0. The Hall–Kier alpha value is -4.57. The van der Waals surface area contributed by atoms with Gasteiger partial charge in [0, 0.05) is 36.8 Å². The standard InChI is InChI=1S/C29H25N5O4S/c1-39(36,37)20-12-10-19(11-13-20)38-27-18-25-24(32-28(33-25)22-7-2-4-14-30-22)17-21(27)26-9-6-16-34(26)29(35)23-8-3-5-15-31-23/h2-5,7-8,10-15,17-18,26H,6,9,16H2,1H3,(H,32,33). The molecule has 10 heteroatoms. The van der Waals surface area contributed by atoms with E-state index in [1.165, 1.54) is 18.4 Å². The fourth-order valence-electron chi connectivity index (χ4n) is 4.88. The molecule has 6 rings (SSSR count). The number of aromatic amines is 1. The maximum absolute atomic E-state index is 13.4. The van der Waals surface area contributed by atoms with Crippen LogP contribution in [0.4, 0.5) is 0 Å². The zero-order chi connectivity index (χ0) is 27.0. The van der Waals surface area contributed by atoms with Crippen LogP contribution >= 0.6 is 0 Å². The summed E-state index contributed by atoms with van der Waals surface area (Å²) in [6, 6.07) is 20.8. The highest BCUT2D eigenvalue weighted by Gasteiger charge is 2.33. The van der Waals surface area contributed by atoms with Crippen LogP contribution in [0.5, 0.6) is 11.5 Å². The molecule has 1 saturated heterocycles. The first-order valence-corrected chi connectivity index (χ1v) is 14.4. The van der Waals surface area contributed by atoms with E-state index >= 15 is 0 Å². The van der Waals surface area contributed by atoms with Gasteiger partial charge in [0.05, 0.1) is 22.0 Å². The normalized spacial score (nSPS) is 15.5. The van der Waals surface area contributed by atoms with Gasteiger partial charge in [-0.05, 0) is 67.4 Å². The van der Waals surface area contributed by atoms with Crippen molar-refractivity contribution in [3.8, 4) is 23.0 Å². The number of carbonyl (C=O) groups excluding carboxylic acids is 1. The predicted octanol–water partition coefficient (Wildman–Crippen LogP) is 5.19. The van der Waals surface area contributed by atoms with Crippen LogP contribution in [-0.2, 0) is 9.84 Å². The van der Waals surface area contributed by atoms with Crippen LogP contribution < -0.4 is 4.74 Å². The molecule has 1 fully saturated rings. The fourth-order valence-corrected chi connectivity index (χ4v) is 5.51. The minimum atomic E-state index is -3.33. The number of aromatic nitrogens is 4. The van der Waals surface area contributed by atoms with Crippen molar-refractivity contribution in [2.45, 2.75) is 23.8 Å². The molecule has 5 aromatic rings. The van der Waals surface area contributed by atoms with Crippen LogP contribution in [-0.4, -0.2) is 52.0 Å². The van der Waals surface area contributed by atoms with Crippen LogP contribution in [0.1, 0.15) is 34.9 Å². The van der Waals surface area contributed by atoms with E-state index in [-0.39, 0.29) is 16.8 Å². The van der Waals surface area contributed by atoms with Gasteiger partial charge in [0.15, 0.2) is 15.7 Å². The van der Waals surface area contributed by atoms with E-state index < -0.39 is 9.84 Å². The van der Waals surface area contributed by atoms with Crippen LogP contribution in [0.15, 0.2) is 90.1 Å². The Morgan fingerprint density at radius 2 is 1.77 bits per heavy atom. The number of nitrogens with zero attached hydrogens (tertiary/aromatic N) is 4. The molecule has 0 radical (unpaired) electrons. The molecule has 4 heterocycles. The lowest BCUT2D eigenvalue weighted by Gasteiger charge is -2.26. The second-order valence-electron chi connectivity index (χ2n) is 9.42. The lowest BCUT2D eigenvalue weighted by atomic mass is 10.0. The van der Waals surface area contributed by atoms with Crippen molar-refractivity contribution in [2.24, 2.45) is 0 Å². The van der Waals surface area contributed by atoms with Gasteiger partial charge >= 0.3 is 0 Å². The lowest BCUT2D eigenvalue weighted by molar-refractivity contribution is 0.0728. The van der Waals surface area contributed by atoms with Crippen molar-refractivity contribution in [3.05, 3.63) is 96.4 Å². The summed E-state index contributed by atoms with van der Waals surface area (Å²) in [5.74, 6) is 1.50. The molecular weight excluding hydrogens is 514 g/mol. The Balaban J connectivity index is 1.43. The molecule has 3 aromatic heterocycles. The molecule has 1 amide bonds. The van der Waals surface area contributed by atoms with Gasteiger partial charge in [0.2, 0.25) is 0 Å². The number of carbonyl (C=O) groups is 1. The maximum atomic E-state index is 13.4. The van der Waals surface area contributed by atoms with Crippen molar-refractivity contribution in [3.63, 3.8) is 0 Å². The highest BCUT2D eigenvalue weighted by molar-refractivity contribution is 7.90. The summed E-state index contributed by atoms with van der Waals surface area (Å²) in [6.07, 6.45) is 6.09. The topological polar surface area (TPSA) is 118 Å². The number of H-pyrrole nitrogens is 1. The molecule has 9 nitrogen and oxygen atoms in total. The zero-order valence-electron chi connectivity index (χ0n) is 21.1.